The molecule has 0 rings (SSSR count). The molecule has 0 saturated carbocycles. The number of hydrogen-bond donors (Lipinski definition) is 1. The second kappa shape index (κ2) is 20.4. The lowest BCUT2D eigenvalue weighted by atomic mass is 10.1. The first-order chi connectivity index (χ1) is 10.9. The highest BCUT2D eigenvalue weighted by molar-refractivity contribution is 4.92. The summed E-state index contributed by atoms with van der Waals surface area (Å²) in [6.45, 7) is 3.68. The van der Waals surface area contributed by atoms with E-state index in [0.717, 1.165) is 19.4 Å². The summed E-state index contributed by atoms with van der Waals surface area (Å²) < 4.78 is 5.24. The van der Waals surface area contributed by atoms with Gasteiger partial charge < -0.3 is 9.84 Å². The summed E-state index contributed by atoms with van der Waals surface area (Å²) in [5, 5.41) is 8.57. The fourth-order valence-corrected chi connectivity index (χ4v) is 2.36. The third kappa shape index (κ3) is 19.4. The van der Waals surface area contributed by atoms with E-state index in [-0.39, 0.29) is 6.61 Å². The average molecular weight is 311 g/mol. The van der Waals surface area contributed by atoms with Gasteiger partial charge in [-0.05, 0) is 38.5 Å². The first kappa shape index (κ1) is 21.4. The molecule has 0 atom stereocenters. The number of aliphatic hydroxyl groups is 1. The third-order valence-corrected chi connectivity index (χ3v) is 3.72. The molecule has 0 saturated heterocycles. The van der Waals surface area contributed by atoms with E-state index in [4.69, 9.17) is 9.84 Å². The molecule has 0 aliphatic rings. The van der Waals surface area contributed by atoms with Crippen LogP contribution in [0.2, 0.25) is 0 Å². The van der Waals surface area contributed by atoms with Crippen LogP contribution in [0.25, 0.3) is 0 Å². The van der Waals surface area contributed by atoms with E-state index in [0.29, 0.717) is 6.61 Å². The van der Waals surface area contributed by atoms with Gasteiger partial charge in [0.2, 0.25) is 0 Å². The van der Waals surface area contributed by atoms with Crippen molar-refractivity contribution < 1.29 is 9.84 Å². The van der Waals surface area contributed by atoms with Crippen LogP contribution in [0, 0.1) is 0 Å². The number of allylic oxidation sites excluding steroid dienone is 4. The molecule has 130 valence electrons. The largest absolute Gasteiger partial charge is 0.394 e. The standard InChI is InChI=1S/C20H38O2/c1-2-3-4-5-6-7-8-9-10-11-12-13-14-15-16-17-19-22-20-18-21/h6-7,9-10,21H,2-5,8,11-20H2,1H3/b7-6+,10-9+. The third-order valence-electron chi connectivity index (χ3n) is 3.72. The van der Waals surface area contributed by atoms with Crippen molar-refractivity contribution in [2.24, 2.45) is 0 Å². The van der Waals surface area contributed by atoms with Gasteiger partial charge in [0.15, 0.2) is 0 Å². The minimum absolute atomic E-state index is 0.141. The normalized spacial score (nSPS) is 11.9. The van der Waals surface area contributed by atoms with Gasteiger partial charge in [0, 0.05) is 6.61 Å². The monoisotopic (exact) mass is 310 g/mol. The van der Waals surface area contributed by atoms with Gasteiger partial charge in [-0.1, -0.05) is 69.8 Å². The molecule has 1 N–H and O–H groups in total. The predicted octanol–water partition coefficient (Wildman–Crippen LogP) is 5.81. The summed E-state index contributed by atoms with van der Waals surface area (Å²) in [5.41, 5.74) is 0. The zero-order valence-corrected chi connectivity index (χ0v) is 14.8. The maximum Gasteiger partial charge on any atom is 0.0697 e. The number of aliphatic hydroxyl groups excluding tert-OH is 1. The zero-order chi connectivity index (χ0) is 16.1. The first-order valence-electron chi connectivity index (χ1n) is 9.40. The van der Waals surface area contributed by atoms with E-state index >= 15 is 0 Å². The van der Waals surface area contributed by atoms with Gasteiger partial charge in [-0.15, -0.1) is 0 Å². The number of hydrogen-bond acceptors (Lipinski definition) is 2. The van der Waals surface area contributed by atoms with E-state index in [1.807, 2.05) is 0 Å². The fourth-order valence-electron chi connectivity index (χ4n) is 2.36. The lowest BCUT2D eigenvalue weighted by Crippen LogP contribution is -2.00. The summed E-state index contributed by atoms with van der Waals surface area (Å²) in [4.78, 5) is 0. The molecule has 2 heteroatoms. The Kier molecular flexibility index (Phi) is 19.8. The van der Waals surface area contributed by atoms with Crippen LogP contribution in [0.3, 0.4) is 0 Å². The smallest absolute Gasteiger partial charge is 0.0697 e. The van der Waals surface area contributed by atoms with Crippen molar-refractivity contribution in [2.45, 2.75) is 84.0 Å². The van der Waals surface area contributed by atoms with E-state index in [1.165, 1.54) is 64.2 Å². The van der Waals surface area contributed by atoms with E-state index in [9.17, 15) is 0 Å². The molecule has 0 aliphatic carbocycles. The molecule has 0 fully saturated rings. The van der Waals surface area contributed by atoms with Crippen molar-refractivity contribution in [2.75, 3.05) is 19.8 Å². The van der Waals surface area contributed by atoms with Gasteiger partial charge in [0.25, 0.3) is 0 Å². The molecule has 0 spiro atoms. The first-order valence-corrected chi connectivity index (χ1v) is 9.40. The van der Waals surface area contributed by atoms with Gasteiger partial charge in [-0.3, -0.25) is 0 Å². The van der Waals surface area contributed by atoms with Crippen molar-refractivity contribution in [3.63, 3.8) is 0 Å². The quantitative estimate of drug-likeness (QED) is 0.271. The molecule has 0 unspecified atom stereocenters. The van der Waals surface area contributed by atoms with Crippen LogP contribution in [0.1, 0.15) is 84.0 Å². The molecule has 0 aliphatic heterocycles. The Morgan fingerprint density at radius 3 is 1.91 bits per heavy atom. The van der Waals surface area contributed by atoms with Crippen molar-refractivity contribution in [1.29, 1.82) is 0 Å². The topological polar surface area (TPSA) is 29.5 Å². The molecular weight excluding hydrogens is 272 g/mol. The lowest BCUT2D eigenvalue weighted by Gasteiger charge is -2.02. The molecule has 0 amide bonds. The van der Waals surface area contributed by atoms with Crippen molar-refractivity contribution in [3.05, 3.63) is 24.3 Å². The highest BCUT2D eigenvalue weighted by Crippen LogP contribution is 2.08. The van der Waals surface area contributed by atoms with Gasteiger partial charge in [-0.25, -0.2) is 0 Å². The van der Waals surface area contributed by atoms with E-state index < -0.39 is 0 Å². The van der Waals surface area contributed by atoms with Crippen molar-refractivity contribution in [1.82, 2.24) is 0 Å². The Morgan fingerprint density at radius 1 is 0.682 bits per heavy atom. The predicted molar refractivity (Wildman–Crippen MR) is 97.3 cm³/mol. The summed E-state index contributed by atoms with van der Waals surface area (Å²) in [5.74, 6) is 0. The van der Waals surface area contributed by atoms with Crippen molar-refractivity contribution >= 4 is 0 Å². The Morgan fingerprint density at radius 2 is 1.27 bits per heavy atom. The van der Waals surface area contributed by atoms with Gasteiger partial charge in [0.05, 0.1) is 13.2 Å². The maximum absolute atomic E-state index is 8.57. The Balaban J connectivity index is 3.11. The van der Waals surface area contributed by atoms with Gasteiger partial charge >= 0.3 is 0 Å². The van der Waals surface area contributed by atoms with Crippen LogP contribution in [0.15, 0.2) is 24.3 Å². The number of ether oxygens (including phenoxy) is 1. The fraction of sp³-hybridized carbons (Fsp3) is 0.800. The molecule has 0 aromatic heterocycles. The van der Waals surface area contributed by atoms with Crippen LogP contribution >= 0.6 is 0 Å². The number of rotatable bonds is 17. The molecule has 2 nitrogen and oxygen atoms in total. The molecule has 0 radical (unpaired) electrons. The molecule has 0 aromatic rings. The van der Waals surface area contributed by atoms with Crippen LogP contribution in [0.4, 0.5) is 0 Å². The molecule has 0 aromatic carbocycles. The Labute approximate surface area is 138 Å². The summed E-state index contributed by atoms with van der Waals surface area (Å²) in [6.07, 6.45) is 24.5. The summed E-state index contributed by atoms with van der Waals surface area (Å²) in [6, 6.07) is 0. The van der Waals surface area contributed by atoms with Gasteiger partial charge in [0.1, 0.15) is 0 Å². The van der Waals surface area contributed by atoms with Crippen molar-refractivity contribution in [3.8, 4) is 0 Å². The Bertz CT molecular complexity index is 246. The minimum atomic E-state index is 0.141. The average Bonchev–Trinajstić information content (AvgIpc) is 2.54. The summed E-state index contributed by atoms with van der Waals surface area (Å²) >= 11 is 0. The Hall–Kier alpha value is -0.600. The van der Waals surface area contributed by atoms with Crippen LogP contribution in [0.5, 0.6) is 0 Å². The van der Waals surface area contributed by atoms with E-state index in [2.05, 4.69) is 31.2 Å². The van der Waals surface area contributed by atoms with E-state index in [1.54, 1.807) is 0 Å². The SMILES string of the molecule is CCCCC/C=C/C/C=C/CCCCCCCCOCCO. The number of unbranched alkanes of at least 4 members (excludes halogenated alkanes) is 9. The van der Waals surface area contributed by atoms with Crippen LogP contribution in [-0.2, 0) is 4.74 Å². The molecular formula is C20H38O2. The van der Waals surface area contributed by atoms with Crippen LogP contribution < -0.4 is 0 Å². The minimum Gasteiger partial charge on any atom is -0.394 e. The highest BCUT2D eigenvalue weighted by Gasteiger charge is 1.91. The molecule has 0 bridgehead atoms. The maximum atomic E-state index is 8.57. The molecule has 22 heavy (non-hydrogen) atoms. The lowest BCUT2D eigenvalue weighted by molar-refractivity contribution is 0.0895. The zero-order valence-electron chi connectivity index (χ0n) is 14.8. The second-order valence-corrected chi connectivity index (χ2v) is 5.92. The highest BCUT2D eigenvalue weighted by atomic mass is 16.5. The second-order valence-electron chi connectivity index (χ2n) is 5.92. The van der Waals surface area contributed by atoms with Gasteiger partial charge in [-0.2, -0.15) is 0 Å². The summed E-state index contributed by atoms with van der Waals surface area (Å²) in [7, 11) is 0. The molecule has 0 heterocycles. The van der Waals surface area contributed by atoms with Crippen LogP contribution in [-0.4, -0.2) is 24.9 Å².